The predicted octanol–water partition coefficient (Wildman–Crippen LogP) is 4.05. The number of halogens is 1. The maximum atomic E-state index is 12.2. The standard InChI is InChI=1S/C17H19ClN4O/c1-11-6-7-14(8-15(11)18)21-16(23)12-9-19-17(20-10-12)22-13-4-2-3-5-13/h6-10,13H,2-5H2,1H3,(H,21,23)(H,19,20,22). The zero-order valence-electron chi connectivity index (χ0n) is 13.0. The van der Waals surface area contributed by atoms with Crippen molar-refractivity contribution in [2.24, 2.45) is 0 Å². The summed E-state index contributed by atoms with van der Waals surface area (Å²) in [6.07, 6.45) is 7.87. The number of benzene rings is 1. The summed E-state index contributed by atoms with van der Waals surface area (Å²) >= 11 is 6.06. The summed E-state index contributed by atoms with van der Waals surface area (Å²) in [6, 6.07) is 5.86. The SMILES string of the molecule is Cc1ccc(NC(=O)c2cnc(NC3CCCC3)nc2)cc1Cl. The van der Waals surface area contributed by atoms with Gasteiger partial charge < -0.3 is 10.6 Å². The molecule has 1 aromatic carbocycles. The highest BCUT2D eigenvalue weighted by Gasteiger charge is 2.16. The number of carbonyl (C=O) groups excluding carboxylic acids is 1. The second-order valence-electron chi connectivity index (χ2n) is 5.84. The average Bonchev–Trinajstić information content (AvgIpc) is 3.04. The molecule has 0 radical (unpaired) electrons. The lowest BCUT2D eigenvalue weighted by Gasteiger charge is -2.11. The highest BCUT2D eigenvalue weighted by atomic mass is 35.5. The van der Waals surface area contributed by atoms with E-state index in [1.165, 1.54) is 25.2 Å². The van der Waals surface area contributed by atoms with Crippen LogP contribution in [0.4, 0.5) is 11.6 Å². The van der Waals surface area contributed by atoms with E-state index in [-0.39, 0.29) is 5.91 Å². The minimum atomic E-state index is -0.252. The fraction of sp³-hybridized carbons (Fsp3) is 0.353. The van der Waals surface area contributed by atoms with Gasteiger partial charge in [-0.1, -0.05) is 30.5 Å². The molecule has 1 aromatic heterocycles. The van der Waals surface area contributed by atoms with Crippen molar-refractivity contribution in [1.29, 1.82) is 0 Å². The van der Waals surface area contributed by atoms with Crippen molar-refractivity contribution in [2.75, 3.05) is 10.6 Å². The normalized spacial score (nSPS) is 14.7. The van der Waals surface area contributed by atoms with E-state index in [0.717, 1.165) is 18.4 Å². The smallest absolute Gasteiger partial charge is 0.258 e. The van der Waals surface area contributed by atoms with Crippen molar-refractivity contribution < 1.29 is 4.79 Å². The second kappa shape index (κ2) is 6.96. The Labute approximate surface area is 140 Å². The summed E-state index contributed by atoms with van der Waals surface area (Å²) in [5.41, 5.74) is 2.03. The van der Waals surface area contributed by atoms with Crippen LogP contribution in [0, 0.1) is 6.92 Å². The number of hydrogen-bond acceptors (Lipinski definition) is 4. The molecular formula is C17H19ClN4O. The van der Waals surface area contributed by atoms with Gasteiger partial charge in [-0.3, -0.25) is 4.79 Å². The molecule has 5 nitrogen and oxygen atoms in total. The van der Waals surface area contributed by atoms with Crippen LogP contribution < -0.4 is 10.6 Å². The van der Waals surface area contributed by atoms with Crippen molar-refractivity contribution >= 4 is 29.1 Å². The first-order valence-electron chi connectivity index (χ1n) is 7.78. The quantitative estimate of drug-likeness (QED) is 0.887. The van der Waals surface area contributed by atoms with Gasteiger partial charge in [0, 0.05) is 29.1 Å². The molecule has 1 fully saturated rings. The summed E-state index contributed by atoms with van der Waals surface area (Å²) in [4.78, 5) is 20.7. The number of carbonyl (C=O) groups is 1. The Morgan fingerprint density at radius 3 is 2.57 bits per heavy atom. The van der Waals surface area contributed by atoms with Gasteiger partial charge in [0.25, 0.3) is 5.91 Å². The van der Waals surface area contributed by atoms with Crippen LogP contribution in [-0.4, -0.2) is 21.9 Å². The molecule has 6 heteroatoms. The lowest BCUT2D eigenvalue weighted by Crippen LogP contribution is -2.18. The monoisotopic (exact) mass is 330 g/mol. The van der Waals surface area contributed by atoms with E-state index in [2.05, 4.69) is 20.6 Å². The fourth-order valence-corrected chi connectivity index (χ4v) is 2.83. The fourth-order valence-electron chi connectivity index (χ4n) is 2.65. The number of nitrogens with one attached hydrogen (secondary N) is 2. The molecule has 1 saturated carbocycles. The number of rotatable bonds is 4. The van der Waals surface area contributed by atoms with Gasteiger partial charge in [0.15, 0.2) is 0 Å². The number of anilines is 2. The summed E-state index contributed by atoms with van der Waals surface area (Å²) in [6.45, 7) is 1.91. The number of nitrogens with zero attached hydrogens (tertiary/aromatic N) is 2. The molecule has 0 spiro atoms. The summed E-state index contributed by atoms with van der Waals surface area (Å²) in [5, 5.41) is 6.71. The summed E-state index contributed by atoms with van der Waals surface area (Å²) < 4.78 is 0. The maximum Gasteiger partial charge on any atom is 0.258 e. The second-order valence-corrected chi connectivity index (χ2v) is 6.25. The highest BCUT2D eigenvalue weighted by Crippen LogP contribution is 2.21. The zero-order chi connectivity index (χ0) is 16.2. The predicted molar refractivity (Wildman–Crippen MR) is 92.1 cm³/mol. The van der Waals surface area contributed by atoms with E-state index < -0.39 is 0 Å². The van der Waals surface area contributed by atoms with Gasteiger partial charge in [0.1, 0.15) is 0 Å². The Morgan fingerprint density at radius 2 is 1.91 bits per heavy atom. The van der Waals surface area contributed by atoms with Crippen LogP contribution in [0.5, 0.6) is 0 Å². The molecule has 1 amide bonds. The molecule has 0 aliphatic heterocycles. The average molecular weight is 331 g/mol. The molecule has 0 atom stereocenters. The van der Waals surface area contributed by atoms with Crippen molar-refractivity contribution in [3.05, 3.63) is 46.7 Å². The van der Waals surface area contributed by atoms with Crippen LogP contribution in [0.3, 0.4) is 0 Å². The highest BCUT2D eigenvalue weighted by molar-refractivity contribution is 6.31. The molecule has 0 unspecified atom stereocenters. The minimum Gasteiger partial charge on any atom is -0.351 e. The molecular weight excluding hydrogens is 312 g/mol. The third-order valence-electron chi connectivity index (χ3n) is 4.03. The van der Waals surface area contributed by atoms with Gasteiger partial charge in [0.05, 0.1) is 5.56 Å². The largest absolute Gasteiger partial charge is 0.351 e. The van der Waals surface area contributed by atoms with Gasteiger partial charge in [-0.15, -0.1) is 0 Å². The van der Waals surface area contributed by atoms with Crippen molar-refractivity contribution in [1.82, 2.24) is 9.97 Å². The first-order chi connectivity index (χ1) is 11.1. The molecule has 3 rings (SSSR count). The van der Waals surface area contributed by atoms with E-state index >= 15 is 0 Å². The molecule has 1 aliphatic rings. The lowest BCUT2D eigenvalue weighted by molar-refractivity contribution is 0.102. The van der Waals surface area contributed by atoms with Crippen LogP contribution in [0.2, 0.25) is 5.02 Å². The zero-order valence-corrected chi connectivity index (χ0v) is 13.7. The van der Waals surface area contributed by atoms with Gasteiger partial charge in [-0.25, -0.2) is 9.97 Å². The van der Waals surface area contributed by atoms with Gasteiger partial charge >= 0.3 is 0 Å². The Balaban J connectivity index is 1.63. The van der Waals surface area contributed by atoms with E-state index in [1.807, 2.05) is 19.1 Å². The van der Waals surface area contributed by atoms with Crippen LogP contribution in [-0.2, 0) is 0 Å². The topological polar surface area (TPSA) is 66.9 Å². The van der Waals surface area contributed by atoms with E-state index in [1.54, 1.807) is 6.07 Å². The van der Waals surface area contributed by atoms with Gasteiger partial charge in [0.2, 0.25) is 5.95 Å². The number of hydrogen-bond donors (Lipinski definition) is 2. The van der Waals surface area contributed by atoms with Crippen molar-refractivity contribution in [3.8, 4) is 0 Å². The van der Waals surface area contributed by atoms with Crippen LogP contribution in [0.15, 0.2) is 30.6 Å². The lowest BCUT2D eigenvalue weighted by atomic mass is 10.2. The minimum absolute atomic E-state index is 0.252. The van der Waals surface area contributed by atoms with E-state index in [0.29, 0.717) is 28.3 Å². The molecule has 23 heavy (non-hydrogen) atoms. The Morgan fingerprint density at radius 1 is 1.22 bits per heavy atom. The van der Waals surface area contributed by atoms with Gasteiger partial charge in [-0.05, 0) is 37.5 Å². The van der Waals surface area contributed by atoms with Crippen LogP contribution in [0.1, 0.15) is 41.6 Å². The van der Waals surface area contributed by atoms with Crippen LogP contribution in [0.25, 0.3) is 0 Å². The van der Waals surface area contributed by atoms with Gasteiger partial charge in [-0.2, -0.15) is 0 Å². The third kappa shape index (κ3) is 3.99. The van der Waals surface area contributed by atoms with E-state index in [4.69, 9.17) is 11.6 Å². The Hall–Kier alpha value is -2.14. The third-order valence-corrected chi connectivity index (χ3v) is 4.44. The first kappa shape index (κ1) is 15.7. The van der Waals surface area contributed by atoms with E-state index in [9.17, 15) is 4.79 Å². The number of aryl methyl sites for hydroxylation is 1. The molecule has 1 aliphatic carbocycles. The molecule has 0 bridgehead atoms. The van der Waals surface area contributed by atoms with Crippen LogP contribution >= 0.6 is 11.6 Å². The molecule has 2 N–H and O–H groups in total. The first-order valence-corrected chi connectivity index (χ1v) is 8.16. The number of amides is 1. The summed E-state index contributed by atoms with van der Waals surface area (Å²) in [5.74, 6) is 0.323. The molecule has 2 aromatic rings. The Bertz CT molecular complexity index is 696. The Kier molecular flexibility index (Phi) is 4.76. The van der Waals surface area contributed by atoms with Crippen molar-refractivity contribution in [3.63, 3.8) is 0 Å². The molecule has 0 saturated heterocycles. The summed E-state index contributed by atoms with van der Waals surface area (Å²) in [7, 11) is 0. The molecule has 120 valence electrons. The number of aromatic nitrogens is 2. The maximum absolute atomic E-state index is 12.2. The van der Waals surface area contributed by atoms with Crippen molar-refractivity contribution in [2.45, 2.75) is 38.6 Å². The molecule has 1 heterocycles.